The quantitative estimate of drug-likeness (QED) is 0.420. The Morgan fingerprint density at radius 3 is 2.08 bits per heavy atom. The van der Waals surface area contributed by atoms with E-state index >= 15 is 0 Å². The molecule has 4 nitrogen and oxygen atoms in total. The Hall–Kier alpha value is -0.160. The van der Waals surface area contributed by atoms with E-state index in [2.05, 4.69) is 5.32 Å². The largest absolute Gasteiger partial charge is 0.395 e. The lowest BCUT2D eigenvalue weighted by Crippen LogP contribution is -2.17. The topological polar surface area (TPSA) is 78.5 Å². The van der Waals surface area contributed by atoms with Gasteiger partial charge in [-0.1, -0.05) is 13.8 Å². The third-order valence-corrected chi connectivity index (χ3v) is 1.28. The van der Waals surface area contributed by atoms with Gasteiger partial charge in [-0.15, -0.1) is 0 Å². The van der Waals surface area contributed by atoms with Gasteiger partial charge in [0.25, 0.3) is 0 Å². The lowest BCUT2D eigenvalue weighted by Gasteiger charge is -1.98. The van der Waals surface area contributed by atoms with Crippen molar-refractivity contribution >= 4 is 0 Å². The van der Waals surface area contributed by atoms with Crippen LogP contribution in [0.15, 0.2) is 0 Å². The Kier molecular flexibility index (Phi) is 16.1. The summed E-state index contributed by atoms with van der Waals surface area (Å²) >= 11 is 0. The molecule has 0 aliphatic rings. The molecule has 0 saturated heterocycles. The number of hydrogen-bond donors (Lipinski definition) is 4. The fraction of sp³-hybridized carbons (Fsp3) is 1.00. The zero-order valence-corrected chi connectivity index (χ0v) is 8.08. The van der Waals surface area contributed by atoms with Gasteiger partial charge in [-0.25, -0.2) is 0 Å². The summed E-state index contributed by atoms with van der Waals surface area (Å²) in [7, 11) is 0. The van der Waals surface area contributed by atoms with E-state index in [9.17, 15) is 0 Å². The third-order valence-electron chi connectivity index (χ3n) is 1.28. The maximum Gasteiger partial charge on any atom is 0.0659 e. The van der Waals surface area contributed by atoms with Gasteiger partial charge in [0.05, 0.1) is 12.7 Å². The molecule has 0 fully saturated rings. The second-order valence-corrected chi connectivity index (χ2v) is 2.37. The fourth-order valence-corrected chi connectivity index (χ4v) is 0.423. The average Bonchev–Trinajstić information content (AvgIpc) is 2.14. The molecule has 0 aliphatic heterocycles. The average molecular weight is 178 g/mol. The Bertz CT molecular complexity index is 64.1. The van der Waals surface area contributed by atoms with Crippen molar-refractivity contribution in [2.24, 2.45) is 5.73 Å². The van der Waals surface area contributed by atoms with E-state index in [1.807, 2.05) is 13.8 Å². The van der Waals surface area contributed by atoms with E-state index in [4.69, 9.17) is 15.9 Å². The molecule has 0 aromatic heterocycles. The van der Waals surface area contributed by atoms with Crippen molar-refractivity contribution in [1.29, 1.82) is 0 Å². The van der Waals surface area contributed by atoms with Crippen LogP contribution >= 0.6 is 0 Å². The standard InChI is InChI=1S/2C4H11NO/c1-2-5-3-4-6;1-2-4(6)3-5/h5-6H,2-4H2,1H3;4,6H,2-3,5H2,1H3. The highest BCUT2D eigenvalue weighted by Gasteiger charge is 1.90. The van der Waals surface area contributed by atoms with Crippen LogP contribution in [0.25, 0.3) is 0 Å². The first-order valence-corrected chi connectivity index (χ1v) is 4.42. The van der Waals surface area contributed by atoms with Crippen molar-refractivity contribution in [2.75, 3.05) is 26.2 Å². The van der Waals surface area contributed by atoms with E-state index in [-0.39, 0.29) is 12.7 Å². The molecule has 0 saturated carbocycles. The minimum atomic E-state index is -0.287. The molecule has 0 amide bonds. The molecule has 0 bridgehead atoms. The summed E-state index contributed by atoms with van der Waals surface area (Å²) in [5, 5.41) is 19.6. The highest BCUT2D eigenvalue weighted by atomic mass is 16.3. The van der Waals surface area contributed by atoms with Crippen LogP contribution in [-0.2, 0) is 0 Å². The maximum atomic E-state index is 8.54. The van der Waals surface area contributed by atoms with Crippen LogP contribution in [0, 0.1) is 0 Å². The third kappa shape index (κ3) is 16.4. The lowest BCUT2D eigenvalue weighted by molar-refractivity contribution is 0.179. The number of nitrogens with one attached hydrogen (secondary N) is 1. The molecule has 0 spiro atoms. The lowest BCUT2D eigenvalue weighted by atomic mass is 10.3. The Morgan fingerprint density at radius 1 is 1.42 bits per heavy atom. The summed E-state index contributed by atoms with van der Waals surface area (Å²) in [4.78, 5) is 0. The van der Waals surface area contributed by atoms with Crippen LogP contribution in [0.2, 0.25) is 0 Å². The second kappa shape index (κ2) is 13.4. The molecule has 5 N–H and O–H groups in total. The van der Waals surface area contributed by atoms with Crippen molar-refractivity contribution in [1.82, 2.24) is 5.32 Å². The Balaban J connectivity index is 0. The highest BCUT2D eigenvalue weighted by Crippen LogP contribution is 1.81. The van der Waals surface area contributed by atoms with Crippen molar-refractivity contribution in [3.05, 3.63) is 0 Å². The number of nitrogens with two attached hydrogens (primary N) is 1. The van der Waals surface area contributed by atoms with Gasteiger partial charge < -0.3 is 21.3 Å². The molecule has 0 radical (unpaired) electrons. The van der Waals surface area contributed by atoms with Gasteiger partial charge in [0, 0.05) is 13.1 Å². The minimum absolute atomic E-state index is 0.244. The van der Waals surface area contributed by atoms with Gasteiger partial charge in [-0.05, 0) is 13.0 Å². The molecular weight excluding hydrogens is 156 g/mol. The molecule has 4 heteroatoms. The van der Waals surface area contributed by atoms with Crippen molar-refractivity contribution in [3.63, 3.8) is 0 Å². The second-order valence-electron chi connectivity index (χ2n) is 2.37. The van der Waals surface area contributed by atoms with E-state index in [1.54, 1.807) is 0 Å². The predicted octanol–water partition coefficient (Wildman–Crippen LogP) is -0.696. The van der Waals surface area contributed by atoms with Gasteiger partial charge in [0.1, 0.15) is 0 Å². The summed E-state index contributed by atoms with van der Waals surface area (Å²) in [6, 6.07) is 0. The zero-order chi connectivity index (χ0) is 9.82. The SMILES string of the molecule is CCC(O)CN.CCNCCO. The Morgan fingerprint density at radius 2 is 2.00 bits per heavy atom. The normalized spacial score (nSPS) is 11.8. The van der Waals surface area contributed by atoms with Crippen LogP contribution in [0.1, 0.15) is 20.3 Å². The predicted molar refractivity (Wildman–Crippen MR) is 51.0 cm³/mol. The molecule has 0 rings (SSSR count). The first-order valence-electron chi connectivity index (χ1n) is 4.42. The molecule has 1 atom stereocenters. The fourth-order valence-electron chi connectivity index (χ4n) is 0.423. The zero-order valence-electron chi connectivity index (χ0n) is 8.08. The smallest absolute Gasteiger partial charge is 0.0659 e. The van der Waals surface area contributed by atoms with E-state index in [0.717, 1.165) is 19.5 Å². The van der Waals surface area contributed by atoms with Crippen LogP contribution < -0.4 is 11.1 Å². The van der Waals surface area contributed by atoms with Crippen LogP contribution in [-0.4, -0.2) is 42.6 Å². The molecule has 0 aliphatic carbocycles. The summed E-state index contributed by atoms with van der Waals surface area (Å²) in [5.74, 6) is 0. The summed E-state index contributed by atoms with van der Waals surface area (Å²) in [6.07, 6.45) is 0.473. The van der Waals surface area contributed by atoms with Crippen LogP contribution in [0.5, 0.6) is 0 Å². The molecule has 1 unspecified atom stereocenters. The number of aliphatic hydroxyl groups excluding tert-OH is 2. The van der Waals surface area contributed by atoms with Gasteiger partial charge >= 0.3 is 0 Å². The van der Waals surface area contributed by atoms with Crippen LogP contribution in [0.3, 0.4) is 0 Å². The molecular formula is C8H22N2O2. The van der Waals surface area contributed by atoms with Gasteiger partial charge in [0.2, 0.25) is 0 Å². The van der Waals surface area contributed by atoms with E-state index in [1.165, 1.54) is 0 Å². The molecule has 76 valence electrons. The molecule has 0 aromatic rings. The molecule has 12 heavy (non-hydrogen) atoms. The summed E-state index contributed by atoms with van der Waals surface area (Å²) in [5.41, 5.74) is 5.03. The van der Waals surface area contributed by atoms with E-state index < -0.39 is 0 Å². The minimum Gasteiger partial charge on any atom is -0.395 e. The van der Waals surface area contributed by atoms with Crippen molar-refractivity contribution in [2.45, 2.75) is 26.4 Å². The number of aliphatic hydroxyl groups is 2. The van der Waals surface area contributed by atoms with E-state index in [0.29, 0.717) is 6.54 Å². The Labute approximate surface area is 74.8 Å². The highest BCUT2D eigenvalue weighted by molar-refractivity contribution is 4.48. The maximum absolute atomic E-state index is 8.54. The number of rotatable bonds is 5. The summed E-state index contributed by atoms with van der Waals surface area (Å²) < 4.78 is 0. The first kappa shape index (κ1) is 14.4. The van der Waals surface area contributed by atoms with Crippen molar-refractivity contribution < 1.29 is 10.2 Å². The number of hydrogen-bond acceptors (Lipinski definition) is 4. The van der Waals surface area contributed by atoms with Crippen molar-refractivity contribution in [3.8, 4) is 0 Å². The summed E-state index contributed by atoms with van der Waals surface area (Å²) in [6.45, 7) is 6.20. The monoisotopic (exact) mass is 178 g/mol. The molecule has 0 aromatic carbocycles. The van der Waals surface area contributed by atoms with Gasteiger partial charge in [-0.3, -0.25) is 0 Å². The first-order chi connectivity index (χ1) is 5.72. The van der Waals surface area contributed by atoms with Crippen LogP contribution in [0.4, 0.5) is 0 Å². The molecule has 0 heterocycles. The van der Waals surface area contributed by atoms with Gasteiger partial charge in [-0.2, -0.15) is 0 Å². The number of likely N-dealkylation sites (N-methyl/N-ethyl adjacent to an activating group) is 1. The van der Waals surface area contributed by atoms with Gasteiger partial charge in [0.15, 0.2) is 0 Å².